The summed E-state index contributed by atoms with van der Waals surface area (Å²) in [6.45, 7) is 10.3. The van der Waals surface area contributed by atoms with Gasteiger partial charge in [0.1, 0.15) is 11.5 Å². The van der Waals surface area contributed by atoms with Gasteiger partial charge in [-0.25, -0.2) is 14.4 Å². The fraction of sp³-hybridized carbons (Fsp3) is 0.214. The number of carbonyl (C=O) groups is 3. The van der Waals surface area contributed by atoms with Gasteiger partial charge >= 0.3 is 80.1 Å². The second-order valence-electron chi connectivity index (χ2n) is 10.5. The molecule has 0 aliphatic carbocycles. The SMILES string of the molecule is C=CC(=O)OCCCCOc1ccc(C(=O)Oc2ccc([C-]=O)cc2)cc1.C=CC(=O)OCCCCOc1ccc([C-]=O)cc1.Cc1[c-]cc[c-]c1.[U+2].[U+2]. The third-order valence-corrected chi connectivity index (χ3v) is 6.47. The molecule has 0 aromatic heterocycles. The van der Waals surface area contributed by atoms with Crippen LogP contribution in [-0.4, -0.2) is 56.9 Å². The minimum absolute atomic E-state index is 0. The van der Waals surface area contributed by atoms with Crippen molar-refractivity contribution in [3.05, 3.63) is 151 Å². The molecule has 0 amide bonds. The Morgan fingerprint density at radius 2 is 1.06 bits per heavy atom. The van der Waals surface area contributed by atoms with E-state index in [1.54, 1.807) is 61.1 Å². The number of esters is 3. The van der Waals surface area contributed by atoms with Crippen molar-refractivity contribution < 1.29 is 110 Å². The zero-order valence-corrected chi connectivity index (χ0v) is 38.3. The van der Waals surface area contributed by atoms with Gasteiger partial charge in [-0.1, -0.05) is 37.4 Å². The molecule has 0 heterocycles. The quantitative estimate of drug-likeness (QED) is 0.0342. The molecule has 10 nitrogen and oxygen atoms in total. The number of rotatable bonds is 18. The van der Waals surface area contributed by atoms with Crippen molar-refractivity contribution in [2.75, 3.05) is 26.4 Å². The van der Waals surface area contributed by atoms with Crippen LogP contribution < -0.4 is 14.2 Å². The van der Waals surface area contributed by atoms with Crippen LogP contribution in [-0.2, 0) is 28.7 Å². The van der Waals surface area contributed by atoms with E-state index in [4.69, 9.17) is 23.7 Å². The molecule has 0 fully saturated rings. The van der Waals surface area contributed by atoms with Crippen LogP contribution in [0.25, 0.3) is 0 Å². The van der Waals surface area contributed by atoms with Gasteiger partial charge in [-0.3, -0.25) is 23.8 Å². The average molecular weight is 1180 g/mol. The fourth-order valence-corrected chi connectivity index (χ4v) is 3.75. The van der Waals surface area contributed by atoms with Crippen LogP contribution in [0.5, 0.6) is 17.2 Å². The van der Waals surface area contributed by atoms with Crippen molar-refractivity contribution in [1.29, 1.82) is 0 Å². The van der Waals surface area contributed by atoms with Crippen molar-refractivity contribution in [2.45, 2.75) is 32.6 Å². The predicted molar refractivity (Wildman–Crippen MR) is 194 cm³/mol. The molecule has 0 saturated carbocycles. The third kappa shape index (κ3) is 22.8. The number of unbranched alkanes of at least 4 members (excludes halogenated alkanes) is 2. The Balaban J connectivity index is 0.000000894. The smallest absolute Gasteiger partial charge is 0.496 e. The van der Waals surface area contributed by atoms with E-state index in [0.29, 0.717) is 66.8 Å². The van der Waals surface area contributed by atoms with Gasteiger partial charge in [0.25, 0.3) is 0 Å². The van der Waals surface area contributed by atoms with Crippen LogP contribution in [0.2, 0.25) is 0 Å². The number of carbonyl (C=O) groups excluding carboxylic acids is 5. The Hall–Kier alpha value is -4.19. The molecule has 4 aromatic rings. The summed E-state index contributed by atoms with van der Waals surface area (Å²) in [5, 5.41) is 0. The Morgan fingerprint density at radius 3 is 1.43 bits per heavy atom. The maximum Gasteiger partial charge on any atom is 2.00 e. The van der Waals surface area contributed by atoms with Gasteiger partial charge in [0.05, 0.1) is 50.3 Å². The van der Waals surface area contributed by atoms with Crippen molar-refractivity contribution in [2.24, 2.45) is 0 Å². The van der Waals surface area contributed by atoms with Crippen molar-refractivity contribution >= 4 is 30.5 Å². The first kappa shape index (κ1) is 49.8. The summed E-state index contributed by atoms with van der Waals surface area (Å²) >= 11 is 0. The van der Waals surface area contributed by atoms with Crippen LogP contribution in [0, 0.1) is 81.3 Å². The minimum atomic E-state index is -0.506. The second kappa shape index (κ2) is 31.2. The number of hydrogen-bond donors (Lipinski definition) is 0. The summed E-state index contributed by atoms with van der Waals surface area (Å²) in [4.78, 5) is 54.5. The molecule has 4 rings (SSSR count). The van der Waals surface area contributed by atoms with E-state index >= 15 is 0 Å². The molecule has 54 heavy (non-hydrogen) atoms. The van der Waals surface area contributed by atoms with E-state index in [2.05, 4.69) is 25.3 Å². The summed E-state index contributed by atoms with van der Waals surface area (Å²) in [6.07, 6.45) is 8.74. The van der Waals surface area contributed by atoms with Crippen LogP contribution >= 0.6 is 0 Å². The molecule has 0 radical (unpaired) electrons. The van der Waals surface area contributed by atoms with E-state index in [1.807, 2.05) is 25.1 Å². The summed E-state index contributed by atoms with van der Waals surface area (Å²) in [7, 11) is 0. The van der Waals surface area contributed by atoms with Gasteiger partial charge < -0.3 is 45.4 Å². The van der Waals surface area contributed by atoms with Gasteiger partial charge in [0.15, 0.2) is 0 Å². The molecule has 276 valence electrons. The summed E-state index contributed by atoms with van der Waals surface area (Å²) in [5.74, 6) is 0.329. The van der Waals surface area contributed by atoms with E-state index < -0.39 is 17.9 Å². The Kier molecular flexibility index (Phi) is 28.8. The molecule has 12 heteroatoms. The van der Waals surface area contributed by atoms with Crippen molar-refractivity contribution in [1.82, 2.24) is 0 Å². The topological polar surface area (TPSA) is 132 Å². The Bertz CT molecular complexity index is 1680. The maximum absolute atomic E-state index is 12.1. The summed E-state index contributed by atoms with van der Waals surface area (Å²) < 4.78 is 25.9. The monoisotopic (exact) mass is 1180 g/mol. The molecule has 0 spiro atoms. The van der Waals surface area contributed by atoms with Crippen LogP contribution in [0.3, 0.4) is 0 Å². The molecule has 0 unspecified atom stereocenters. The third-order valence-electron chi connectivity index (χ3n) is 6.47. The van der Waals surface area contributed by atoms with Crippen molar-refractivity contribution in [3.8, 4) is 17.2 Å². The Labute approximate surface area is 364 Å². The Morgan fingerprint density at radius 1 is 0.630 bits per heavy atom. The van der Waals surface area contributed by atoms with Gasteiger partial charge in [-0.15, -0.1) is 6.92 Å². The first-order valence-corrected chi connectivity index (χ1v) is 16.2. The minimum Gasteiger partial charge on any atom is -0.496 e. The number of hydrogen-bond acceptors (Lipinski definition) is 10. The molecule has 0 bridgehead atoms. The zero-order chi connectivity index (χ0) is 37.8. The zero-order valence-electron chi connectivity index (χ0n) is 30.0. The molecule has 0 aliphatic heterocycles. The standard InChI is InChI=1S/C21H19O6.C14H15O4.C7H6.2U/c1-2-20(23)26-14-4-3-13-25-18-11-7-17(8-12-18)21(24)27-19-9-5-16(15-22)6-10-19;1-2-14(16)18-10-4-3-9-17-13-7-5-12(11-15)6-8-13;1-7-5-3-2-4-6-7;;/h2,5-12H,1,3-4,13-14H2;2,5-8H,1,3-4,9-10H2;2-3,6H,1H3;;/q2*-1;-2;2*+2. The number of ether oxygens (including phenoxy) is 5. The van der Waals surface area contributed by atoms with Gasteiger partial charge in [0, 0.05) is 12.2 Å². The van der Waals surface area contributed by atoms with E-state index in [9.17, 15) is 24.0 Å². The van der Waals surface area contributed by atoms with Crippen molar-refractivity contribution in [3.63, 3.8) is 0 Å². The maximum atomic E-state index is 12.1. The number of benzene rings is 4. The fourth-order valence-electron chi connectivity index (χ4n) is 3.75. The van der Waals surface area contributed by atoms with Crippen LogP contribution in [0.15, 0.2) is 116 Å². The second-order valence-corrected chi connectivity index (χ2v) is 10.5. The van der Waals surface area contributed by atoms with E-state index in [1.165, 1.54) is 24.3 Å². The molecule has 0 N–H and O–H groups in total. The normalized spacial score (nSPS) is 9.28. The summed E-state index contributed by atoms with van der Waals surface area (Å²) in [5.41, 5.74) is 2.40. The first-order valence-electron chi connectivity index (χ1n) is 16.2. The van der Waals surface area contributed by atoms with Crippen LogP contribution in [0.4, 0.5) is 0 Å². The predicted octanol–water partition coefficient (Wildman–Crippen LogP) is 6.88. The van der Waals surface area contributed by atoms with Crippen LogP contribution in [0.1, 0.15) is 52.7 Å². The van der Waals surface area contributed by atoms with E-state index in [-0.39, 0.29) is 62.2 Å². The van der Waals surface area contributed by atoms with Gasteiger partial charge in [-0.2, -0.15) is 35.4 Å². The molecule has 0 atom stereocenters. The largest absolute Gasteiger partial charge is 2.00 e. The molecular formula is C42H40O10U2. The first-order chi connectivity index (χ1) is 25.3. The molecule has 0 aliphatic rings. The van der Waals surface area contributed by atoms with Gasteiger partial charge in [0.2, 0.25) is 0 Å². The molecule has 4 aromatic carbocycles. The average Bonchev–Trinajstić information content (AvgIpc) is 3.18. The van der Waals surface area contributed by atoms with E-state index in [0.717, 1.165) is 37.0 Å². The molecular weight excluding hydrogens is 1140 g/mol. The number of aryl methyl sites for hydroxylation is 1. The van der Waals surface area contributed by atoms with Gasteiger partial charge in [-0.05, 0) is 49.9 Å². The molecule has 0 saturated heterocycles. The summed E-state index contributed by atoms with van der Waals surface area (Å²) in [6, 6.07) is 30.9.